The SMILES string of the molecule is CC1CCCCN1C(=O)CN1CCN(C(=O)Nc2nc(-c3cccnc3)cs2)CC1. The number of nitrogens with one attached hydrogen (secondary N) is 1. The van der Waals surface area contributed by atoms with Crippen LogP contribution in [0.1, 0.15) is 26.2 Å². The van der Waals surface area contributed by atoms with Crippen molar-refractivity contribution in [2.75, 3.05) is 44.6 Å². The van der Waals surface area contributed by atoms with Crippen molar-refractivity contribution in [1.82, 2.24) is 24.7 Å². The minimum absolute atomic E-state index is 0.141. The van der Waals surface area contributed by atoms with E-state index in [4.69, 9.17) is 0 Å². The number of piperidine rings is 1. The third-order valence-corrected chi connectivity index (χ3v) is 6.57. The number of likely N-dealkylation sites (tertiary alicyclic amines) is 1. The highest BCUT2D eigenvalue weighted by Crippen LogP contribution is 2.24. The van der Waals surface area contributed by atoms with Crippen LogP contribution in [0.5, 0.6) is 0 Å². The summed E-state index contributed by atoms with van der Waals surface area (Å²) in [7, 11) is 0. The molecule has 2 aromatic rings. The van der Waals surface area contributed by atoms with Gasteiger partial charge in [0.05, 0.1) is 12.2 Å². The van der Waals surface area contributed by atoms with Crippen LogP contribution in [0.3, 0.4) is 0 Å². The third kappa shape index (κ3) is 4.96. The van der Waals surface area contributed by atoms with Gasteiger partial charge in [-0.1, -0.05) is 0 Å². The number of amides is 3. The molecule has 2 fully saturated rings. The fourth-order valence-electron chi connectivity index (χ4n) is 4.01. The summed E-state index contributed by atoms with van der Waals surface area (Å²) in [6.07, 6.45) is 6.88. The summed E-state index contributed by atoms with van der Waals surface area (Å²) < 4.78 is 0. The van der Waals surface area contributed by atoms with E-state index in [1.165, 1.54) is 17.8 Å². The molecule has 30 heavy (non-hydrogen) atoms. The van der Waals surface area contributed by atoms with Gasteiger partial charge in [0.15, 0.2) is 5.13 Å². The molecule has 0 radical (unpaired) electrons. The quantitative estimate of drug-likeness (QED) is 0.810. The lowest BCUT2D eigenvalue weighted by Gasteiger charge is -2.37. The summed E-state index contributed by atoms with van der Waals surface area (Å²) in [6.45, 7) is 6.08. The number of aromatic nitrogens is 2. The first-order chi connectivity index (χ1) is 14.6. The van der Waals surface area contributed by atoms with E-state index < -0.39 is 0 Å². The summed E-state index contributed by atoms with van der Waals surface area (Å²) in [5.41, 5.74) is 1.73. The summed E-state index contributed by atoms with van der Waals surface area (Å²) >= 11 is 1.40. The van der Waals surface area contributed by atoms with E-state index in [-0.39, 0.29) is 11.9 Å². The summed E-state index contributed by atoms with van der Waals surface area (Å²) in [4.78, 5) is 39.8. The van der Waals surface area contributed by atoms with Crippen molar-refractivity contribution in [2.45, 2.75) is 32.2 Å². The van der Waals surface area contributed by atoms with Crippen LogP contribution in [0.2, 0.25) is 0 Å². The van der Waals surface area contributed by atoms with E-state index >= 15 is 0 Å². The normalized spacial score (nSPS) is 20.2. The molecule has 1 unspecified atom stereocenters. The number of anilines is 1. The van der Waals surface area contributed by atoms with E-state index in [0.29, 0.717) is 43.9 Å². The Bertz CT molecular complexity index is 865. The number of piperazine rings is 1. The Kier molecular flexibility index (Phi) is 6.59. The lowest BCUT2D eigenvalue weighted by Crippen LogP contribution is -2.53. The zero-order valence-corrected chi connectivity index (χ0v) is 18.1. The first-order valence-electron chi connectivity index (χ1n) is 10.5. The average molecular weight is 429 g/mol. The van der Waals surface area contributed by atoms with Crippen LogP contribution >= 0.6 is 11.3 Å². The molecule has 2 saturated heterocycles. The first kappa shape index (κ1) is 20.7. The van der Waals surface area contributed by atoms with Crippen molar-refractivity contribution in [3.63, 3.8) is 0 Å². The molecule has 2 aliphatic heterocycles. The van der Waals surface area contributed by atoms with Gasteiger partial charge < -0.3 is 9.80 Å². The zero-order chi connectivity index (χ0) is 20.9. The highest BCUT2D eigenvalue weighted by molar-refractivity contribution is 7.14. The molecule has 4 rings (SSSR count). The van der Waals surface area contributed by atoms with Crippen LogP contribution in [-0.4, -0.2) is 81.9 Å². The Balaban J connectivity index is 1.24. The highest BCUT2D eigenvalue weighted by atomic mass is 32.1. The molecule has 0 bridgehead atoms. The van der Waals surface area contributed by atoms with Crippen LogP contribution in [0, 0.1) is 0 Å². The first-order valence-corrected chi connectivity index (χ1v) is 11.4. The highest BCUT2D eigenvalue weighted by Gasteiger charge is 2.27. The monoisotopic (exact) mass is 428 g/mol. The second-order valence-corrected chi connectivity index (χ2v) is 8.76. The van der Waals surface area contributed by atoms with E-state index in [0.717, 1.165) is 30.6 Å². The van der Waals surface area contributed by atoms with Crippen molar-refractivity contribution in [2.24, 2.45) is 0 Å². The molecular formula is C21H28N6O2S. The fraction of sp³-hybridized carbons (Fsp3) is 0.524. The molecule has 0 spiro atoms. The number of hydrogen-bond donors (Lipinski definition) is 1. The molecule has 1 atom stereocenters. The molecule has 4 heterocycles. The van der Waals surface area contributed by atoms with Crippen LogP contribution in [0.25, 0.3) is 11.3 Å². The Morgan fingerprint density at radius 3 is 2.77 bits per heavy atom. The number of rotatable bonds is 4. The lowest BCUT2D eigenvalue weighted by atomic mass is 10.0. The minimum Gasteiger partial charge on any atom is -0.339 e. The van der Waals surface area contributed by atoms with Crippen molar-refractivity contribution in [3.05, 3.63) is 29.9 Å². The van der Waals surface area contributed by atoms with E-state index in [2.05, 4.69) is 27.1 Å². The van der Waals surface area contributed by atoms with Gasteiger partial charge >= 0.3 is 6.03 Å². The number of urea groups is 1. The van der Waals surface area contributed by atoms with Gasteiger partial charge in [0, 0.05) is 62.1 Å². The molecule has 0 aliphatic carbocycles. The maximum Gasteiger partial charge on any atom is 0.323 e. The smallest absolute Gasteiger partial charge is 0.323 e. The lowest BCUT2D eigenvalue weighted by molar-refractivity contribution is -0.136. The van der Waals surface area contributed by atoms with E-state index in [1.807, 2.05) is 22.4 Å². The molecule has 0 saturated carbocycles. The number of hydrogen-bond acceptors (Lipinski definition) is 6. The second-order valence-electron chi connectivity index (χ2n) is 7.90. The van der Waals surface area contributed by atoms with Crippen LogP contribution in [0.15, 0.2) is 29.9 Å². The maximum absolute atomic E-state index is 12.6. The van der Waals surface area contributed by atoms with Crippen molar-refractivity contribution >= 4 is 28.4 Å². The Morgan fingerprint density at radius 1 is 1.20 bits per heavy atom. The summed E-state index contributed by atoms with van der Waals surface area (Å²) in [5, 5.41) is 5.39. The van der Waals surface area contributed by atoms with Gasteiger partial charge in [-0.05, 0) is 38.3 Å². The van der Waals surface area contributed by atoms with Gasteiger partial charge in [-0.3, -0.25) is 20.0 Å². The predicted octanol–water partition coefficient (Wildman–Crippen LogP) is 2.76. The minimum atomic E-state index is -0.141. The van der Waals surface area contributed by atoms with Crippen LogP contribution < -0.4 is 5.32 Å². The van der Waals surface area contributed by atoms with Crippen molar-refractivity contribution < 1.29 is 9.59 Å². The Labute approximate surface area is 180 Å². The molecule has 3 amide bonds. The summed E-state index contributed by atoms with van der Waals surface area (Å²) in [5.74, 6) is 0.214. The van der Waals surface area contributed by atoms with Crippen molar-refractivity contribution in [3.8, 4) is 11.3 Å². The number of pyridine rings is 1. The molecule has 1 N–H and O–H groups in total. The number of carbonyl (C=O) groups excluding carboxylic acids is 2. The van der Waals surface area contributed by atoms with Gasteiger partial charge in [-0.15, -0.1) is 11.3 Å². The van der Waals surface area contributed by atoms with Crippen LogP contribution in [-0.2, 0) is 4.79 Å². The number of nitrogens with zero attached hydrogens (tertiary/aromatic N) is 5. The average Bonchev–Trinajstić information content (AvgIpc) is 3.23. The van der Waals surface area contributed by atoms with Gasteiger partial charge in [0.1, 0.15) is 0 Å². The second kappa shape index (κ2) is 9.53. The molecule has 160 valence electrons. The topological polar surface area (TPSA) is 81.7 Å². The Morgan fingerprint density at radius 2 is 2.03 bits per heavy atom. The van der Waals surface area contributed by atoms with Gasteiger partial charge in [0.2, 0.25) is 5.91 Å². The van der Waals surface area contributed by atoms with Crippen molar-refractivity contribution in [1.29, 1.82) is 0 Å². The predicted molar refractivity (Wildman–Crippen MR) is 117 cm³/mol. The third-order valence-electron chi connectivity index (χ3n) is 5.82. The molecule has 9 heteroatoms. The van der Waals surface area contributed by atoms with Gasteiger partial charge in [0.25, 0.3) is 0 Å². The molecule has 2 aliphatic rings. The van der Waals surface area contributed by atoms with Gasteiger partial charge in [-0.25, -0.2) is 9.78 Å². The standard InChI is InChI=1S/C21H28N6O2S/c1-16-5-2-3-8-27(16)19(28)14-25-9-11-26(12-10-25)21(29)24-20-23-18(15-30-20)17-6-4-7-22-13-17/h4,6-7,13,15-16H,2-3,5,8-12,14H2,1H3,(H,23,24,29). The Hall–Kier alpha value is -2.52. The fourth-order valence-corrected chi connectivity index (χ4v) is 4.72. The molecular weight excluding hydrogens is 400 g/mol. The summed E-state index contributed by atoms with van der Waals surface area (Å²) in [6, 6.07) is 4.01. The van der Waals surface area contributed by atoms with Gasteiger partial charge in [-0.2, -0.15) is 0 Å². The zero-order valence-electron chi connectivity index (χ0n) is 17.3. The molecule has 8 nitrogen and oxygen atoms in total. The van der Waals surface area contributed by atoms with E-state index in [1.54, 1.807) is 17.3 Å². The van der Waals surface area contributed by atoms with E-state index in [9.17, 15) is 9.59 Å². The molecule has 0 aromatic carbocycles. The maximum atomic E-state index is 12.6. The molecule has 2 aromatic heterocycles. The number of thiazole rings is 1. The number of carbonyl (C=O) groups is 2. The largest absolute Gasteiger partial charge is 0.339 e. The van der Waals surface area contributed by atoms with Crippen LogP contribution in [0.4, 0.5) is 9.93 Å².